The van der Waals surface area contributed by atoms with Crippen LogP contribution in [0.5, 0.6) is 0 Å². The third-order valence-corrected chi connectivity index (χ3v) is 2.66. The van der Waals surface area contributed by atoms with Crippen molar-refractivity contribution < 1.29 is 9.53 Å². The first-order valence-corrected chi connectivity index (χ1v) is 5.34. The van der Waals surface area contributed by atoms with Gasteiger partial charge in [-0.15, -0.1) is 0 Å². The first-order valence-electron chi connectivity index (χ1n) is 5.34. The molecule has 86 valence electrons. The van der Waals surface area contributed by atoms with E-state index in [1.54, 1.807) is 0 Å². The number of hydrogen-bond donors (Lipinski definition) is 1. The van der Waals surface area contributed by atoms with E-state index in [0.717, 1.165) is 18.7 Å². The summed E-state index contributed by atoms with van der Waals surface area (Å²) in [6, 6.07) is 0. The lowest BCUT2D eigenvalue weighted by Crippen LogP contribution is -2.30. The molecule has 1 rings (SSSR count). The van der Waals surface area contributed by atoms with Crippen molar-refractivity contribution >= 4 is 5.97 Å². The molecule has 1 aliphatic heterocycles. The summed E-state index contributed by atoms with van der Waals surface area (Å²) in [5.74, 6) is -0.144. The van der Waals surface area contributed by atoms with Gasteiger partial charge >= 0.3 is 5.97 Å². The van der Waals surface area contributed by atoms with Crippen LogP contribution in [0.3, 0.4) is 0 Å². The molecule has 1 N–H and O–H groups in total. The van der Waals surface area contributed by atoms with Crippen LogP contribution in [-0.4, -0.2) is 24.7 Å². The van der Waals surface area contributed by atoms with Crippen molar-refractivity contribution in [1.29, 1.82) is 0 Å². The average molecular weight is 211 g/mol. The number of ether oxygens (including phenoxy) is 1. The van der Waals surface area contributed by atoms with E-state index in [4.69, 9.17) is 4.74 Å². The molecule has 3 nitrogen and oxygen atoms in total. The highest BCUT2D eigenvalue weighted by atomic mass is 16.6. The van der Waals surface area contributed by atoms with Gasteiger partial charge in [0, 0.05) is 18.5 Å². The van der Waals surface area contributed by atoms with Gasteiger partial charge in [0.05, 0.1) is 6.42 Å². The number of rotatable bonds is 2. The van der Waals surface area contributed by atoms with Crippen LogP contribution in [0.15, 0.2) is 12.2 Å². The minimum Gasteiger partial charge on any atom is -0.460 e. The number of carbonyl (C=O) groups excluding carboxylic acids is 1. The summed E-state index contributed by atoms with van der Waals surface area (Å²) in [5.41, 5.74) is 0.553. The zero-order chi connectivity index (χ0) is 11.7. The highest BCUT2D eigenvalue weighted by Crippen LogP contribution is 2.33. The summed E-state index contributed by atoms with van der Waals surface area (Å²) in [6.45, 7) is 13.3. The fourth-order valence-electron chi connectivity index (χ4n) is 1.71. The van der Waals surface area contributed by atoms with E-state index >= 15 is 0 Å². The van der Waals surface area contributed by atoms with Crippen molar-refractivity contribution in [3.05, 3.63) is 12.2 Å². The summed E-state index contributed by atoms with van der Waals surface area (Å²) in [5, 5.41) is 3.22. The van der Waals surface area contributed by atoms with E-state index in [2.05, 4.69) is 18.8 Å². The molecule has 0 radical (unpaired) electrons. The molecule has 1 saturated heterocycles. The first-order chi connectivity index (χ1) is 6.73. The molecule has 0 amide bonds. The van der Waals surface area contributed by atoms with Crippen molar-refractivity contribution in [2.75, 3.05) is 13.1 Å². The highest BCUT2D eigenvalue weighted by Gasteiger charge is 2.35. The van der Waals surface area contributed by atoms with E-state index in [1.807, 2.05) is 20.8 Å². The molecule has 3 heteroatoms. The minimum absolute atomic E-state index is 0.137. The van der Waals surface area contributed by atoms with Crippen molar-refractivity contribution in [2.45, 2.75) is 39.7 Å². The predicted molar refractivity (Wildman–Crippen MR) is 60.6 cm³/mol. The van der Waals surface area contributed by atoms with Gasteiger partial charge in [-0.2, -0.15) is 0 Å². The van der Waals surface area contributed by atoms with Crippen molar-refractivity contribution in [3.63, 3.8) is 0 Å². The third kappa shape index (κ3) is 3.34. The molecule has 1 heterocycles. The molecule has 0 bridgehead atoms. The van der Waals surface area contributed by atoms with Crippen LogP contribution in [0.2, 0.25) is 0 Å². The Morgan fingerprint density at radius 1 is 1.60 bits per heavy atom. The minimum atomic E-state index is -0.402. The second-order valence-electron chi connectivity index (χ2n) is 5.53. The Morgan fingerprint density at radius 2 is 2.20 bits per heavy atom. The van der Waals surface area contributed by atoms with Crippen LogP contribution in [0.1, 0.15) is 34.1 Å². The third-order valence-electron chi connectivity index (χ3n) is 2.66. The molecule has 0 aromatic rings. The molecule has 0 spiro atoms. The first kappa shape index (κ1) is 12.2. The van der Waals surface area contributed by atoms with Gasteiger partial charge in [0.25, 0.3) is 0 Å². The monoisotopic (exact) mass is 211 g/mol. The maximum absolute atomic E-state index is 11.7. The van der Waals surface area contributed by atoms with Crippen LogP contribution in [-0.2, 0) is 9.53 Å². The van der Waals surface area contributed by atoms with Gasteiger partial charge in [0.1, 0.15) is 5.60 Å². The fraction of sp³-hybridized carbons (Fsp3) is 0.750. The number of nitrogens with one attached hydrogen (secondary N) is 1. The number of esters is 1. The molecule has 1 atom stereocenters. The van der Waals surface area contributed by atoms with Crippen LogP contribution in [0.25, 0.3) is 0 Å². The Balaban J connectivity index is 2.55. The van der Waals surface area contributed by atoms with E-state index in [1.165, 1.54) is 0 Å². The zero-order valence-corrected chi connectivity index (χ0v) is 10.1. The zero-order valence-electron chi connectivity index (χ0n) is 10.1. The molecule has 1 fully saturated rings. The molecule has 0 unspecified atom stereocenters. The Bertz CT molecular complexity index is 278. The van der Waals surface area contributed by atoms with Gasteiger partial charge in [0.2, 0.25) is 0 Å². The van der Waals surface area contributed by atoms with Crippen molar-refractivity contribution in [3.8, 4) is 0 Å². The smallest absolute Gasteiger partial charge is 0.307 e. The Hall–Kier alpha value is -0.830. The Kier molecular flexibility index (Phi) is 3.24. The Morgan fingerprint density at radius 3 is 2.60 bits per heavy atom. The molecule has 0 saturated carbocycles. The Labute approximate surface area is 91.9 Å². The molecule has 0 aromatic carbocycles. The lowest BCUT2D eigenvalue weighted by molar-refractivity contribution is -0.156. The second-order valence-corrected chi connectivity index (χ2v) is 5.53. The van der Waals surface area contributed by atoms with E-state index in [9.17, 15) is 4.79 Å². The van der Waals surface area contributed by atoms with Gasteiger partial charge < -0.3 is 10.1 Å². The molecular formula is C12H21NO2. The van der Waals surface area contributed by atoms with Crippen LogP contribution >= 0.6 is 0 Å². The second kappa shape index (κ2) is 3.97. The number of carbonyl (C=O) groups is 1. The topological polar surface area (TPSA) is 38.3 Å². The van der Waals surface area contributed by atoms with Gasteiger partial charge in [-0.3, -0.25) is 4.79 Å². The maximum Gasteiger partial charge on any atom is 0.307 e. The summed E-state index contributed by atoms with van der Waals surface area (Å²) in [7, 11) is 0. The molecule has 1 aliphatic rings. The lowest BCUT2D eigenvalue weighted by atomic mass is 9.82. The fourth-order valence-corrected chi connectivity index (χ4v) is 1.71. The van der Waals surface area contributed by atoms with Gasteiger partial charge in [0.15, 0.2) is 0 Å². The van der Waals surface area contributed by atoms with E-state index in [0.29, 0.717) is 6.42 Å². The highest BCUT2D eigenvalue weighted by molar-refractivity contribution is 5.71. The molecular weight excluding hydrogens is 190 g/mol. The normalized spacial score (nSPS) is 26.8. The van der Waals surface area contributed by atoms with Gasteiger partial charge in [-0.1, -0.05) is 19.1 Å². The summed E-state index contributed by atoms with van der Waals surface area (Å²) in [4.78, 5) is 11.7. The van der Waals surface area contributed by atoms with Crippen molar-refractivity contribution in [1.82, 2.24) is 5.32 Å². The summed E-state index contributed by atoms with van der Waals surface area (Å²) < 4.78 is 5.31. The molecule has 0 aromatic heterocycles. The lowest BCUT2D eigenvalue weighted by Gasteiger charge is -2.26. The quantitative estimate of drug-likeness (QED) is 0.560. The van der Waals surface area contributed by atoms with Crippen molar-refractivity contribution in [2.24, 2.45) is 5.41 Å². The van der Waals surface area contributed by atoms with Crippen LogP contribution in [0.4, 0.5) is 0 Å². The number of hydrogen-bond acceptors (Lipinski definition) is 3. The van der Waals surface area contributed by atoms with Gasteiger partial charge in [-0.25, -0.2) is 0 Å². The SMILES string of the molecule is C=C1CNC[C@]1(C)CC(=O)OC(C)(C)C. The average Bonchev–Trinajstić information content (AvgIpc) is 2.27. The standard InChI is InChI=1S/C12H21NO2/c1-9-7-13-8-12(9,5)6-10(14)15-11(2,3)4/h13H,1,6-8H2,2-5H3/t12-/m0/s1. The predicted octanol–water partition coefficient (Wildman–Crippen LogP) is 1.88. The van der Waals surface area contributed by atoms with Gasteiger partial charge in [-0.05, 0) is 20.8 Å². The molecule has 0 aliphatic carbocycles. The van der Waals surface area contributed by atoms with Crippen LogP contribution in [0, 0.1) is 5.41 Å². The van der Waals surface area contributed by atoms with Crippen LogP contribution < -0.4 is 5.32 Å². The summed E-state index contributed by atoms with van der Waals surface area (Å²) >= 11 is 0. The maximum atomic E-state index is 11.7. The van der Waals surface area contributed by atoms with E-state index < -0.39 is 5.60 Å². The largest absolute Gasteiger partial charge is 0.460 e. The summed E-state index contributed by atoms with van der Waals surface area (Å²) in [6.07, 6.45) is 0.413. The van der Waals surface area contributed by atoms with E-state index in [-0.39, 0.29) is 11.4 Å². The molecule has 15 heavy (non-hydrogen) atoms.